The van der Waals surface area contributed by atoms with Crippen LogP contribution in [0.15, 0.2) is 119 Å². The number of carbonyl (C=O) groups is 1. The molecule has 1 aromatic heterocycles. The van der Waals surface area contributed by atoms with Crippen LogP contribution in [0, 0.1) is 11.3 Å². The fourth-order valence-electron chi connectivity index (χ4n) is 4.82. The summed E-state index contributed by atoms with van der Waals surface area (Å²) in [6.45, 7) is 0. The number of amides is 1. The molecule has 7 heteroatoms. The van der Waals surface area contributed by atoms with Gasteiger partial charge in [0.05, 0.1) is 36.1 Å². The molecule has 1 unspecified atom stereocenters. The Morgan fingerprint density at radius 3 is 2.64 bits per heavy atom. The van der Waals surface area contributed by atoms with Gasteiger partial charge in [0, 0.05) is 47.4 Å². The van der Waals surface area contributed by atoms with Crippen LogP contribution in [-0.2, 0) is 0 Å². The molecular weight excluding hydrogens is 484 g/mol. The first-order chi connectivity index (χ1) is 19.2. The Hall–Kier alpha value is -5.35. The highest BCUT2D eigenvalue weighted by atomic mass is 16.1. The van der Waals surface area contributed by atoms with E-state index in [1.54, 1.807) is 23.1 Å². The number of hydrogen-bond acceptors (Lipinski definition) is 5. The minimum absolute atomic E-state index is 0.203. The summed E-state index contributed by atoms with van der Waals surface area (Å²) >= 11 is 0. The van der Waals surface area contributed by atoms with Gasteiger partial charge in [0.25, 0.3) is 5.91 Å². The maximum Gasteiger partial charge on any atom is 0.255 e. The summed E-state index contributed by atoms with van der Waals surface area (Å²) in [5.41, 5.74) is 7.92. The molecule has 0 saturated carbocycles. The van der Waals surface area contributed by atoms with Gasteiger partial charge in [0.1, 0.15) is 0 Å². The van der Waals surface area contributed by atoms with Gasteiger partial charge in [0.2, 0.25) is 0 Å². The van der Waals surface area contributed by atoms with Crippen molar-refractivity contribution in [1.29, 1.82) is 5.26 Å². The highest BCUT2D eigenvalue weighted by Crippen LogP contribution is 2.30. The van der Waals surface area contributed by atoms with Gasteiger partial charge in [-0.2, -0.15) is 10.4 Å². The van der Waals surface area contributed by atoms with E-state index in [1.807, 2.05) is 79.2 Å². The van der Waals surface area contributed by atoms with Crippen molar-refractivity contribution in [2.45, 2.75) is 18.9 Å². The van der Waals surface area contributed by atoms with Crippen LogP contribution < -0.4 is 5.32 Å². The average molecular weight is 509 g/mol. The van der Waals surface area contributed by atoms with Gasteiger partial charge in [-0.3, -0.25) is 19.5 Å². The number of nitrogens with one attached hydrogen (secondary N) is 1. The predicted molar refractivity (Wildman–Crippen MR) is 153 cm³/mol. The lowest BCUT2D eigenvalue weighted by atomic mass is 10.0. The summed E-state index contributed by atoms with van der Waals surface area (Å²) in [5.74, 6) is -0.218. The normalized spacial score (nSPS) is 14.5. The molecule has 1 atom stereocenters. The Kier molecular flexibility index (Phi) is 6.50. The van der Waals surface area contributed by atoms with E-state index < -0.39 is 0 Å². The molecule has 0 fully saturated rings. The van der Waals surface area contributed by atoms with E-state index in [1.165, 1.54) is 0 Å². The summed E-state index contributed by atoms with van der Waals surface area (Å²) < 4.78 is 1.77. The van der Waals surface area contributed by atoms with E-state index in [4.69, 9.17) is 0 Å². The number of aliphatic imine (C=N–C) groups is 2. The number of anilines is 1. The summed E-state index contributed by atoms with van der Waals surface area (Å²) in [4.78, 5) is 22.1. The van der Waals surface area contributed by atoms with Crippen molar-refractivity contribution in [1.82, 2.24) is 9.78 Å². The summed E-state index contributed by atoms with van der Waals surface area (Å²) in [6, 6.07) is 27.1. The van der Waals surface area contributed by atoms with Crippen LogP contribution in [-0.4, -0.2) is 27.6 Å². The number of benzene rings is 3. The van der Waals surface area contributed by atoms with Crippen molar-refractivity contribution in [2.75, 3.05) is 5.32 Å². The molecular formula is C32H24N6O. The second-order valence-corrected chi connectivity index (χ2v) is 9.28. The minimum atomic E-state index is -0.355. The lowest BCUT2D eigenvalue weighted by Crippen LogP contribution is -2.15. The average Bonchev–Trinajstić information content (AvgIpc) is 3.67. The highest BCUT2D eigenvalue weighted by Gasteiger charge is 2.22. The smallest absolute Gasteiger partial charge is 0.255 e. The number of carbonyl (C=O) groups excluding carboxylic acids is 1. The van der Waals surface area contributed by atoms with Crippen LogP contribution in [0.3, 0.4) is 0 Å². The second kappa shape index (κ2) is 10.6. The molecule has 0 spiro atoms. The Morgan fingerprint density at radius 2 is 1.82 bits per heavy atom. The highest BCUT2D eigenvalue weighted by molar-refractivity contribution is 6.18. The molecule has 7 nitrogen and oxygen atoms in total. The zero-order valence-electron chi connectivity index (χ0n) is 21.0. The molecule has 1 amide bonds. The zero-order valence-corrected chi connectivity index (χ0v) is 21.0. The maximum atomic E-state index is 13.1. The number of aromatic nitrogens is 2. The van der Waals surface area contributed by atoms with Crippen molar-refractivity contribution in [3.63, 3.8) is 0 Å². The molecule has 0 saturated heterocycles. The van der Waals surface area contributed by atoms with E-state index in [0.29, 0.717) is 17.7 Å². The van der Waals surface area contributed by atoms with Crippen LogP contribution in [0.25, 0.3) is 16.8 Å². The lowest BCUT2D eigenvalue weighted by molar-refractivity contribution is 0.102. The van der Waals surface area contributed by atoms with Crippen LogP contribution in [0.5, 0.6) is 0 Å². The van der Waals surface area contributed by atoms with Crippen molar-refractivity contribution >= 4 is 29.2 Å². The third-order valence-electron chi connectivity index (χ3n) is 6.81. The van der Waals surface area contributed by atoms with E-state index in [9.17, 15) is 10.1 Å². The standard InChI is InChI=1S/C32H24N6O/c33-16-13-30(38-21-26(20-36-38)31-28-14-17-34-29(28)15-18-35-31)24-7-4-8-25(19-24)32(39)37-27-11-9-23(10-12-27)22-5-2-1-3-6-22/h1-12,14,17-21,30H,13,15H2,(H,37,39). The number of nitrogens with zero attached hydrogens (tertiary/aromatic N) is 5. The SMILES string of the molecule is N#CCC(c1cccc(C(=O)Nc2ccc(-c3ccccc3)cc2)c1)n1cc(C2=C3C=CN=C3CC=N2)cn1. The largest absolute Gasteiger partial charge is 0.322 e. The quantitative estimate of drug-likeness (QED) is 0.310. The molecule has 6 rings (SSSR count). The van der Waals surface area contributed by atoms with Crippen molar-refractivity contribution in [3.8, 4) is 17.2 Å². The van der Waals surface area contributed by atoms with Crippen molar-refractivity contribution < 1.29 is 4.79 Å². The van der Waals surface area contributed by atoms with Gasteiger partial charge < -0.3 is 5.32 Å². The third-order valence-corrected chi connectivity index (χ3v) is 6.81. The second-order valence-electron chi connectivity index (χ2n) is 9.28. The molecule has 3 heterocycles. The molecule has 188 valence electrons. The van der Waals surface area contributed by atoms with Gasteiger partial charge in [-0.15, -0.1) is 0 Å². The first kappa shape index (κ1) is 24.0. The Labute approximate surface area is 226 Å². The minimum Gasteiger partial charge on any atom is -0.322 e. The van der Waals surface area contributed by atoms with E-state index in [2.05, 4.69) is 38.6 Å². The molecule has 0 aliphatic carbocycles. The third kappa shape index (κ3) is 4.96. The lowest BCUT2D eigenvalue weighted by Gasteiger charge is -2.16. The number of nitriles is 1. The topological polar surface area (TPSA) is 95.4 Å². The van der Waals surface area contributed by atoms with Crippen LogP contribution in [0.2, 0.25) is 0 Å². The van der Waals surface area contributed by atoms with Crippen LogP contribution in [0.1, 0.15) is 40.4 Å². The molecule has 2 aliphatic heterocycles. The maximum absolute atomic E-state index is 13.1. The van der Waals surface area contributed by atoms with E-state index >= 15 is 0 Å². The number of rotatable bonds is 7. The van der Waals surface area contributed by atoms with E-state index in [-0.39, 0.29) is 18.4 Å². The van der Waals surface area contributed by atoms with Gasteiger partial charge in [-0.25, -0.2) is 0 Å². The number of allylic oxidation sites excluding steroid dienone is 2. The molecule has 39 heavy (non-hydrogen) atoms. The fourth-order valence-corrected chi connectivity index (χ4v) is 4.82. The zero-order chi connectivity index (χ0) is 26.6. The monoisotopic (exact) mass is 508 g/mol. The molecule has 0 radical (unpaired) electrons. The Balaban J connectivity index is 1.22. The Bertz CT molecular complexity index is 1700. The van der Waals surface area contributed by atoms with Gasteiger partial charge in [0.15, 0.2) is 0 Å². The summed E-state index contributed by atoms with van der Waals surface area (Å²) in [5, 5.41) is 17.1. The molecule has 1 N–H and O–H groups in total. The van der Waals surface area contributed by atoms with Gasteiger partial charge >= 0.3 is 0 Å². The van der Waals surface area contributed by atoms with Crippen molar-refractivity contribution in [2.24, 2.45) is 9.98 Å². The Morgan fingerprint density at radius 1 is 1.00 bits per heavy atom. The van der Waals surface area contributed by atoms with Crippen LogP contribution in [0.4, 0.5) is 5.69 Å². The van der Waals surface area contributed by atoms with Gasteiger partial charge in [-0.1, -0.05) is 54.6 Å². The molecule has 2 aliphatic rings. The molecule has 4 aromatic rings. The van der Waals surface area contributed by atoms with Gasteiger partial charge in [-0.05, 0) is 47.0 Å². The fraction of sp³-hybridized carbons (Fsp3) is 0.0938. The van der Waals surface area contributed by atoms with Crippen LogP contribution >= 0.6 is 0 Å². The molecule has 0 bridgehead atoms. The molecule has 3 aromatic carbocycles. The summed E-state index contributed by atoms with van der Waals surface area (Å²) in [7, 11) is 0. The first-order valence-corrected chi connectivity index (χ1v) is 12.7. The number of hydrogen-bond donors (Lipinski definition) is 1. The van der Waals surface area contributed by atoms with Crippen molar-refractivity contribution in [3.05, 3.63) is 126 Å². The number of fused-ring (bicyclic) bond motifs is 1. The predicted octanol–water partition coefficient (Wildman–Crippen LogP) is 6.46. The summed E-state index contributed by atoms with van der Waals surface area (Å²) in [6.07, 6.45) is 10.2. The first-order valence-electron chi connectivity index (χ1n) is 12.7. The van der Waals surface area contributed by atoms with E-state index in [0.717, 1.165) is 39.2 Å².